The molecule has 6 rings (SSSR count). The van der Waals surface area contributed by atoms with E-state index in [2.05, 4.69) is 15.3 Å². The summed E-state index contributed by atoms with van der Waals surface area (Å²) in [6.07, 6.45) is 0. The number of hydrogen-bond acceptors (Lipinski definition) is 10. The van der Waals surface area contributed by atoms with Gasteiger partial charge in [-0.3, -0.25) is 9.89 Å². The molecule has 0 saturated heterocycles. The Labute approximate surface area is 323 Å². The molecule has 0 bridgehead atoms. The Kier molecular flexibility index (Phi) is 17.1. The SMILES string of the molecule is Cc1ccc(-n2[nH]c(C)c(N=Nc3cccc(-c4cccc(C(=O)O)c4)c3O)c2=O)cc1C.NCCO.NCCO.O=C(O)c1cccc(-c2ccccc2)c1. The molecule has 0 spiro atoms. The lowest BCUT2D eigenvalue weighted by Gasteiger charge is -2.07. The summed E-state index contributed by atoms with van der Waals surface area (Å²) in [5.74, 6) is -2.12. The van der Waals surface area contributed by atoms with E-state index in [1.54, 1.807) is 55.5 Å². The summed E-state index contributed by atoms with van der Waals surface area (Å²) in [5.41, 5.74) is 16.2. The molecule has 0 radical (unpaired) electrons. The molecule has 0 aliphatic rings. The molecule has 6 aromatic rings. The number of aromatic carboxylic acids is 2. The minimum absolute atomic E-state index is 0.0972. The first-order chi connectivity index (χ1) is 26.9. The van der Waals surface area contributed by atoms with Gasteiger partial charge in [-0.2, -0.15) is 0 Å². The molecule has 1 aromatic heterocycles. The van der Waals surface area contributed by atoms with Crippen molar-refractivity contribution in [3.63, 3.8) is 0 Å². The molecular weight excluding hydrogens is 716 g/mol. The van der Waals surface area contributed by atoms with Gasteiger partial charge < -0.3 is 37.0 Å². The maximum absolute atomic E-state index is 12.9. The minimum atomic E-state index is -1.06. The maximum Gasteiger partial charge on any atom is 0.335 e. The molecular formula is C42H46N6O8. The number of nitrogens with two attached hydrogens (primary N) is 2. The Bertz CT molecular complexity index is 2290. The van der Waals surface area contributed by atoms with E-state index in [0.29, 0.717) is 41.2 Å². The number of aromatic hydroxyl groups is 1. The highest BCUT2D eigenvalue weighted by atomic mass is 16.4. The quantitative estimate of drug-likeness (QED) is 0.0742. The second-order valence-electron chi connectivity index (χ2n) is 12.0. The van der Waals surface area contributed by atoms with Gasteiger partial charge in [0.15, 0.2) is 11.4 Å². The zero-order valence-corrected chi connectivity index (χ0v) is 31.3. The average molecular weight is 763 g/mol. The summed E-state index contributed by atoms with van der Waals surface area (Å²) in [5, 5.41) is 55.5. The number of nitrogens with one attached hydrogen (secondary N) is 1. The normalized spacial score (nSPS) is 10.3. The molecule has 0 fully saturated rings. The number of carboxylic acids is 2. The first kappa shape index (κ1) is 43.7. The second-order valence-corrected chi connectivity index (χ2v) is 12.0. The summed E-state index contributed by atoms with van der Waals surface area (Å²) in [7, 11) is 0. The van der Waals surface area contributed by atoms with Crippen molar-refractivity contribution < 1.29 is 35.1 Å². The Hall–Kier alpha value is -6.71. The third-order valence-electron chi connectivity index (χ3n) is 7.96. The van der Waals surface area contributed by atoms with Crippen molar-refractivity contribution >= 4 is 23.3 Å². The van der Waals surface area contributed by atoms with Gasteiger partial charge in [0.05, 0.1) is 35.7 Å². The van der Waals surface area contributed by atoms with Crippen LogP contribution >= 0.6 is 0 Å². The van der Waals surface area contributed by atoms with Crippen molar-refractivity contribution in [3.05, 3.63) is 154 Å². The molecule has 14 nitrogen and oxygen atoms in total. The van der Waals surface area contributed by atoms with Crippen LogP contribution in [0.1, 0.15) is 37.5 Å². The lowest BCUT2D eigenvalue weighted by Crippen LogP contribution is -2.14. The summed E-state index contributed by atoms with van der Waals surface area (Å²) in [4.78, 5) is 35.0. The fraction of sp³-hybridized carbons (Fsp3) is 0.167. The largest absolute Gasteiger partial charge is 0.505 e. The van der Waals surface area contributed by atoms with Crippen LogP contribution in [-0.4, -0.2) is 73.6 Å². The number of phenolic OH excluding ortho intramolecular Hbond substituents is 1. The van der Waals surface area contributed by atoms with Crippen molar-refractivity contribution in [2.24, 2.45) is 21.7 Å². The number of azo groups is 1. The van der Waals surface area contributed by atoms with Crippen LogP contribution in [0.4, 0.5) is 11.4 Å². The summed E-state index contributed by atoms with van der Waals surface area (Å²) in [6.45, 7) is 6.64. The van der Waals surface area contributed by atoms with Crippen molar-refractivity contribution in [1.29, 1.82) is 0 Å². The number of hydrogen-bond donors (Lipinski definition) is 8. The van der Waals surface area contributed by atoms with Gasteiger partial charge in [0.1, 0.15) is 5.69 Å². The number of nitrogens with zero attached hydrogens (tertiary/aromatic N) is 3. The van der Waals surface area contributed by atoms with Crippen molar-refractivity contribution in [3.8, 4) is 33.7 Å². The number of H-pyrrole nitrogens is 1. The number of phenols is 1. The number of aromatic amines is 1. The van der Waals surface area contributed by atoms with Gasteiger partial charge in [0.2, 0.25) is 0 Å². The fourth-order valence-corrected chi connectivity index (χ4v) is 4.93. The predicted molar refractivity (Wildman–Crippen MR) is 216 cm³/mol. The molecule has 0 aliphatic heterocycles. The third-order valence-corrected chi connectivity index (χ3v) is 7.96. The standard InChI is InChI=1S/C25H22N4O4.C13H10O2.2C2H7NO/c1-14-10-11-19(12-15(14)2)29-24(31)22(16(3)28-29)27-26-21-9-5-8-20(23(21)30)17-6-4-7-18(13-17)25(32)33;14-13(15)12-8-4-7-11(9-12)10-5-2-1-3-6-10;2*3-1-2-4/h4-13,28,30H,1-3H3,(H,32,33);1-9H,(H,14,15);2*4H,1-3H2. The lowest BCUT2D eigenvalue weighted by atomic mass is 10.0. The monoisotopic (exact) mass is 762 g/mol. The zero-order valence-electron chi connectivity index (χ0n) is 31.3. The van der Waals surface area contributed by atoms with Gasteiger partial charge in [-0.25, -0.2) is 14.3 Å². The number of para-hydroxylation sites is 1. The number of carboxylic acid groups (broad SMARTS) is 2. The van der Waals surface area contributed by atoms with E-state index in [4.69, 9.17) is 26.8 Å². The van der Waals surface area contributed by atoms with Crippen LogP contribution in [0.5, 0.6) is 5.75 Å². The molecule has 1 heterocycles. The number of carbonyl (C=O) groups is 2. The number of aliphatic hydroxyl groups is 2. The predicted octanol–water partition coefficient (Wildman–Crippen LogP) is 6.50. The summed E-state index contributed by atoms with van der Waals surface area (Å²) in [6, 6.07) is 33.5. The van der Waals surface area contributed by atoms with E-state index in [-0.39, 0.29) is 41.5 Å². The minimum Gasteiger partial charge on any atom is -0.505 e. The summed E-state index contributed by atoms with van der Waals surface area (Å²) >= 11 is 0. The van der Waals surface area contributed by atoms with Crippen molar-refractivity contribution in [2.75, 3.05) is 26.3 Å². The highest BCUT2D eigenvalue weighted by Gasteiger charge is 2.15. The van der Waals surface area contributed by atoms with Crippen LogP contribution in [0.2, 0.25) is 0 Å². The van der Waals surface area contributed by atoms with Gasteiger partial charge in [-0.05, 0) is 91.1 Å². The molecule has 0 aliphatic carbocycles. The number of aliphatic hydroxyl groups excluding tert-OH is 2. The Balaban J connectivity index is 0.000000300. The number of aryl methyl sites for hydroxylation is 3. The highest BCUT2D eigenvalue weighted by molar-refractivity contribution is 5.90. The van der Waals surface area contributed by atoms with Crippen molar-refractivity contribution in [2.45, 2.75) is 20.8 Å². The van der Waals surface area contributed by atoms with Crippen molar-refractivity contribution in [1.82, 2.24) is 9.78 Å². The lowest BCUT2D eigenvalue weighted by molar-refractivity contribution is 0.0686. The van der Waals surface area contributed by atoms with Crippen LogP contribution < -0.4 is 17.0 Å². The molecule has 14 heteroatoms. The smallest absolute Gasteiger partial charge is 0.335 e. The molecule has 0 atom stereocenters. The second kappa shape index (κ2) is 21.9. The van der Waals surface area contributed by atoms with E-state index >= 15 is 0 Å². The maximum atomic E-state index is 12.9. The molecule has 5 aromatic carbocycles. The van der Waals surface area contributed by atoms with Gasteiger partial charge in [-0.1, -0.05) is 72.8 Å². The van der Waals surface area contributed by atoms with Crippen LogP contribution in [-0.2, 0) is 0 Å². The average Bonchev–Trinajstić information content (AvgIpc) is 3.51. The first-order valence-electron chi connectivity index (χ1n) is 17.3. The van der Waals surface area contributed by atoms with Gasteiger partial charge in [0.25, 0.3) is 5.56 Å². The van der Waals surface area contributed by atoms with E-state index < -0.39 is 11.9 Å². The van der Waals surface area contributed by atoms with Crippen LogP contribution in [0.3, 0.4) is 0 Å². The zero-order chi connectivity index (χ0) is 41.2. The first-order valence-corrected chi connectivity index (χ1v) is 17.3. The number of rotatable bonds is 9. The van der Waals surface area contributed by atoms with E-state index in [1.807, 2.05) is 68.4 Å². The molecule has 0 unspecified atom stereocenters. The van der Waals surface area contributed by atoms with Crippen LogP contribution in [0, 0.1) is 20.8 Å². The fourth-order valence-electron chi connectivity index (χ4n) is 4.93. The summed E-state index contributed by atoms with van der Waals surface area (Å²) < 4.78 is 1.41. The Morgan fingerprint density at radius 2 is 1.20 bits per heavy atom. The highest BCUT2D eigenvalue weighted by Crippen LogP contribution is 2.38. The van der Waals surface area contributed by atoms with E-state index in [1.165, 1.54) is 16.8 Å². The molecule has 0 saturated carbocycles. The van der Waals surface area contributed by atoms with E-state index in [0.717, 1.165) is 22.3 Å². The van der Waals surface area contributed by atoms with Crippen LogP contribution in [0.15, 0.2) is 130 Å². The van der Waals surface area contributed by atoms with Gasteiger partial charge in [-0.15, -0.1) is 10.2 Å². The number of aromatic nitrogens is 2. The third kappa shape index (κ3) is 12.2. The molecule has 0 amide bonds. The van der Waals surface area contributed by atoms with Gasteiger partial charge >= 0.3 is 11.9 Å². The molecule has 56 heavy (non-hydrogen) atoms. The topological polar surface area (TPSA) is 250 Å². The van der Waals surface area contributed by atoms with E-state index in [9.17, 15) is 24.6 Å². The Morgan fingerprint density at radius 3 is 1.75 bits per heavy atom. The van der Waals surface area contributed by atoms with Crippen LogP contribution in [0.25, 0.3) is 27.9 Å². The Morgan fingerprint density at radius 1 is 0.661 bits per heavy atom. The van der Waals surface area contributed by atoms with Gasteiger partial charge in [0, 0.05) is 18.7 Å². The molecule has 292 valence electrons. The molecule has 10 N–H and O–H groups in total. The number of benzene rings is 5.